The van der Waals surface area contributed by atoms with Gasteiger partial charge in [0.2, 0.25) is 0 Å². The van der Waals surface area contributed by atoms with Crippen LogP contribution in [0.4, 0.5) is 0 Å². The van der Waals surface area contributed by atoms with Crippen LogP contribution >= 0.6 is 0 Å². The minimum absolute atomic E-state index is 0. The first kappa shape index (κ1) is 34.4. The predicted octanol–water partition coefficient (Wildman–Crippen LogP) is -1.56. The maximum absolute atomic E-state index is 7.00. The fourth-order valence-corrected chi connectivity index (χ4v) is 0. The van der Waals surface area contributed by atoms with Gasteiger partial charge in [0.1, 0.15) is 0 Å². The van der Waals surface area contributed by atoms with Crippen molar-refractivity contribution in [3.8, 4) is 0 Å². The predicted molar refractivity (Wildman–Crippen MR) is 30.2 cm³/mol. The van der Waals surface area contributed by atoms with E-state index in [0.29, 0.717) is 0 Å². The fraction of sp³-hybridized carbons (Fsp3) is 1.00. The van der Waals surface area contributed by atoms with Crippen LogP contribution in [0.3, 0.4) is 0 Å². The summed E-state index contributed by atoms with van der Waals surface area (Å²) in [5.74, 6) is 0. The van der Waals surface area contributed by atoms with Crippen molar-refractivity contribution in [3.05, 3.63) is 0 Å². The second-order valence-corrected chi connectivity index (χ2v) is 0. The van der Waals surface area contributed by atoms with E-state index >= 15 is 0 Å². The van der Waals surface area contributed by atoms with Crippen LogP contribution in [0.25, 0.3) is 0 Å². The third-order valence-corrected chi connectivity index (χ3v) is 0. The molecule has 0 aliphatic rings. The van der Waals surface area contributed by atoms with E-state index in [4.69, 9.17) is 15.3 Å². The summed E-state index contributed by atoms with van der Waals surface area (Å²) < 4.78 is 0. The number of rotatable bonds is 0. The molecule has 0 saturated carbocycles. The zero-order chi connectivity index (χ0) is 6.00. The summed E-state index contributed by atoms with van der Waals surface area (Å²) in [5.41, 5.74) is 0. The quantitative estimate of drug-likeness (QED) is 0.469. The Bertz CT molecular complexity index is 14.5. The van der Waals surface area contributed by atoms with Gasteiger partial charge in [0, 0.05) is 66.7 Å². The molecule has 0 saturated heterocycles. The molecule has 5 heteroatoms. The average molecular weight is 276 g/mol. The van der Waals surface area contributed by atoms with Crippen LogP contribution in [-0.4, -0.2) is 62.5 Å². The maximum Gasteiger partial charge on any atom is 0.0319 e. The molecule has 0 aromatic carbocycles. The Morgan fingerprint density at radius 2 is 0.625 bits per heavy atom. The van der Waals surface area contributed by atoms with Gasteiger partial charge in [-0.3, -0.25) is 0 Å². The summed E-state index contributed by atoms with van der Waals surface area (Å²) >= 11 is 0. The molecule has 3 N–H and O–H groups in total. The van der Waals surface area contributed by atoms with Gasteiger partial charge < -0.3 is 15.3 Å². The largest absolute Gasteiger partial charge is 0.400 e. The minimum atomic E-state index is 0. The van der Waals surface area contributed by atoms with E-state index < -0.39 is 0 Å². The van der Waals surface area contributed by atoms with Crippen molar-refractivity contribution in [2.24, 2.45) is 0 Å². The SMILES string of the molecule is CO.CO.CO.[In].[Zn]. The van der Waals surface area contributed by atoms with Crippen molar-refractivity contribution < 1.29 is 34.8 Å². The molecule has 0 aromatic heterocycles. The van der Waals surface area contributed by atoms with Crippen LogP contribution in [0.5, 0.6) is 0 Å². The summed E-state index contributed by atoms with van der Waals surface area (Å²) in [7, 11) is 3.00. The normalized spacial score (nSPS) is 2.25. The Morgan fingerprint density at radius 3 is 0.625 bits per heavy atom. The molecule has 3 radical (unpaired) electrons. The standard InChI is InChI=1S/3CH4O.In.Zn/c3*1-2;;/h3*2H,1H3;;. The first-order chi connectivity index (χ1) is 3.00. The zero-order valence-electron chi connectivity index (χ0n) is 5.63. The van der Waals surface area contributed by atoms with Crippen molar-refractivity contribution in [2.75, 3.05) is 21.3 Å². The van der Waals surface area contributed by atoms with Gasteiger partial charge in [-0.1, -0.05) is 0 Å². The van der Waals surface area contributed by atoms with Crippen LogP contribution in [0.1, 0.15) is 0 Å². The first-order valence-electron chi connectivity index (χ1n) is 1.34. The van der Waals surface area contributed by atoms with Gasteiger partial charge in [-0.25, -0.2) is 0 Å². The molecular formula is C3H12InO3Zn. The van der Waals surface area contributed by atoms with E-state index in [1.165, 1.54) is 0 Å². The van der Waals surface area contributed by atoms with Crippen LogP contribution in [0, 0.1) is 0 Å². The smallest absolute Gasteiger partial charge is 0.0319 e. The maximum atomic E-state index is 7.00. The van der Waals surface area contributed by atoms with E-state index in [1.54, 1.807) is 0 Å². The topological polar surface area (TPSA) is 60.7 Å². The van der Waals surface area contributed by atoms with E-state index in [9.17, 15) is 0 Å². The van der Waals surface area contributed by atoms with Gasteiger partial charge in [0.25, 0.3) is 0 Å². The molecule has 0 amide bonds. The van der Waals surface area contributed by atoms with Crippen LogP contribution < -0.4 is 0 Å². The third kappa shape index (κ3) is 159. The van der Waals surface area contributed by atoms with Crippen LogP contribution in [0.2, 0.25) is 0 Å². The summed E-state index contributed by atoms with van der Waals surface area (Å²) in [6.07, 6.45) is 0. The number of aliphatic hydroxyl groups excluding tert-OH is 3. The molecule has 0 unspecified atom stereocenters. The van der Waals surface area contributed by atoms with Gasteiger partial charge in [0.05, 0.1) is 0 Å². The van der Waals surface area contributed by atoms with E-state index in [2.05, 4.69) is 0 Å². The van der Waals surface area contributed by atoms with Crippen molar-refractivity contribution >= 4 is 25.8 Å². The second-order valence-electron chi connectivity index (χ2n) is 0. The molecule has 0 aliphatic carbocycles. The van der Waals surface area contributed by atoms with Crippen LogP contribution in [0.15, 0.2) is 0 Å². The van der Waals surface area contributed by atoms with E-state index in [-0.39, 0.29) is 45.3 Å². The van der Waals surface area contributed by atoms with Crippen LogP contribution in [-0.2, 0) is 19.5 Å². The van der Waals surface area contributed by atoms with Crippen molar-refractivity contribution in [1.29, 1.82) is 0 Å². The minimum Gasteiger partial charge on any atom is -0.400 e. The van der Waals surface area contributed by atoms with Crippen molar-refractivity contribution in [1.82, 2.24) is 0 Å². The fourth-order valence-electron chi connectivity index (χ4n) is 0. The number of aliphatic hydroxyl groups is 3. The van der Waals surface area contributed by atoms with Gasteiger partial charge in [0.15, 0.2) is 0 Å². The molecule has 0 spiro atoms. The molecule has 0 rings (SSSR count). The molecule has 0 aromatic rings. The summed E-state index contributed by atoms with van der Waals surface area (Å²) in [4.78, 5) is 0. The Balaban J connectivity index is -0.00000000500. The zero-order valence-corrected chi connectivity index (χ0v) is 11.9. The van der Waals surface area contributed by atoms with Crippen molar-refractivity contribution in [2.45, 2.75) is 0 Å². The Hall–Kier alpha value is 1.37. The third-order valence-electron chi connectivity index (χ3n) is 0. The second kappa shape index (κ2) is 241. The van der Waals surface area contributed by atoms with E-state index in [0.717, 1.165) is 21.3 Å². The Kier molecular flexibility index (Phi) is 1040. The van der Waals surface area contributed by atoms with Gasteiger partial charge in [-0.2, -0.15) is 0 Å². The van der Waals surface area contributed by atoms with Gasteiger partial charge >= 0.3 is 0 Å². The van der Waals surface area contributed by atoms with E-state index in [1.807, 2.05) is 0 Å². The molecule has 3 nitrogen and oxygen atoms in total. The van der Waals surface area contributed by atoms with Gasteiger partial charge in [-0.15, -0.1) is 0 Å². The summed E-state index contributed by atoms with van der Waals surface area (Å²) in [6.45, 7) is 0. The molecule has 0 bridgehead atoms. The summed E-state index contributed by atoms with van der Waals surface area (Å²) in [5, 5.41) is 21.0. The summed E-state index contributed by atoms with van der Waals surface area (Å²) in [6, 6.07) is 0. The first-order valence-corrected chi connectivity index (χ1v) is 1.34. The number of hydrogen-bond acceptors (Lipinski definition) is 3. The van der Waals surface area contributed by atoms with Crippen molar-refractivity contribution in [3.63, 3.8) is 0 Å². The molecule has 8 heavy (non-hydrogen) atoms. The monoisotopic (exact) mass is 275 g/mol. The Morgan fingerprint density at radius 1 is 0.625 bits per heavy atom. The molecular weight excluding hydrogens is 264 g/mol. The van der Waals surface area contributed by atoms with Gasteiger partial charge in [-0.05, 0) is 0 Å². The molecule has 0 aliphatic heterocycles. The molecule has 47 valence electrons. The Labute approximate surface area is 81.7 Å². The molecule has 0 heterocycles. The number of hydrogen-bond donors (Lipinski definition) is 3. The molecule has 0 fully saturated rings. The molecule has 0 atom stereocenters. The average Bonchev–Trinajstić information content (AvgIpc) is 1.81.